The van der Waals surface area contributed by atoms with E-state index in [9.17, 15) is 8.42 Å². The van der Waals surface area contributed by atoms with Gasteiger partial charge in [0.1, 0.15) is 0 Å². The molecule has 0 aromatic carbocycles. The maximum Gasteiger partial charge on any atom is 0.321 e. The van der Waals surface area contributed by atoms with Crippen LogP contribution in [0.25, 0.3) is 0 Å². The summed E-state index contributed by atoms with van der Waals surface area (Å²) in [7, 11) is -3.27. The zero-order valence-corrected chi connectivity index (χ0v) is 17.0. The fraction of sp³-hybridized carbons (Fsp3) is 0.882. The van der Waals surface area contributed by atoms with Crippen molar-refractivity contribution in [2.75, 3.05) is 11.9 Å². The fourth-order valence-corrected chi connectivity index (χ4v) is 3.60. The topological polar surface area (TPSA) is 97.1 Å². The molecule has 1 aliphatic carbocycles. The molecule has 1 aromatic heterocycles. The van der Waals surface area contributed by atoms with Crippen molar-refractivity contribution in [1.29, 1.82) is 0 Å². The lowest BCUT2D eigenvalue weighted by Gasteiger charge is -2.29. The van der Waals surface area contributed by atoms with Crippen molar-refractivity contribution in [3.63, 3.8) is 0 Å². The van der Waals surface area contributed by atoms with Crippen molar-refractivity contribution in [1.82, 2.24) is 14.9 Å². The Hall–Kier alpha value is -1.15. The van der Waals surface area contributed by atoms with E-state index in [2.05, 4.69) is 20.2 Å². The molecule has 1 aromatic rings. The van der Waals surface area contributed by atoms with Gasteiger partial charge < -0.3 is 9.84 Å². The monoisotopic (exact) mass is 372 g/mol. The fourth-order valence-electron chi connectivity index (χ4n) is 2.72. The highest BCUT2D eigenvalue weighted by atomic mass is 32.2. The molecule has 2 N–H and O–H groups in total. The second kappa shape index (κ2) is 7.23. The summed E-state index contributed by atoms with van der Waals surface area (Å²) in [6, 6.07) is 0.769. The lowest BCUT2D eigenvalue weighted by atomic mass is 9.86. The molecule has 0 bridgehead atoms. The van der Waals surface area contributed by atoms with E-state index < -0.39 is 14.8 Å². The summed E-state index contributed by atoms with van der Waals surface area (Å²) >= 11 is 0. The van der Waals surface area contributed by atoms with Gasteiger partial charge in [0.05, 0.1) is 4.75 Å². The molecule has 8 heteroatoms. The zero-order valence-electron chi connectivity index (χ0n) is 16.2. The number of nitrogens with zero attached hydrogens (tertiary/aromatic N) is 2. The first kappa shape index (κ1) is 20.2. The van der Waals surface area contributed by atoms with E-state index in [4.69, 9.17) is 4.52 Å². The van der Waals surface area contributed by atoms with E-state index in [1.54, 1.807) is 20.8 Å². The summed E-state index contributed by atoms with van der Waals surface area (Å²) in [4.78, 5) is 4.41. The smallest absolute Gasteiger partial charge is 0.321 e. The molecule has 0 aliphatic heterocycles. The van der Waals surface area contributed by atoms with E-state index in [0.717, 1.165) is 25.7 Å². The van der Waals surface area contributed by atoms with E-state index >= 15 is 0 Å². The number of hydrogen-bond donors (Lipinski definition) is 2. The summed E-state index contributed by atoms with van der Waals surface area (Å²) in [5.41, 5.74) is -0.134. The van der Waals surface area contributed by atoms with Gasteiger partial charge >= 0.3 is 6.01 Å². The SMILES string of the molecule is CC(C)(C)c1noc(N[C@H]2CC[C@H](CNS(=O)(=O)C(C)(C)C)CC2)n1. The number of nitrogens with one attached hydrogen (secondary N) is 2. The Kier molecular flexibility index (Phi) is 5.83. The lowest BCUT2D eigenvalue weighted by molar-refractivity contribution is 0.328. The lowest BCUT2D eigenvalue weighted by Crippen LogP contribution is -2.42. The van der Waals surface area contributed by atoms with Crippen molar-refractivity contribution in [2.45, 2.75) is 83.4 Å². The molecule has 1 saturated carbocycles. The van der Waals surface area contributed by atoms with Crippen LogP contribution in [0.1, 0.15) is 73.1 Å². The standard InChI is InChI=1S/C17H32N4O3S/c1-16(2,3)14-20-15(24-21-14)19-13-9-7-12(8-10-13)11-18-25(22,23)17(4,5)6/h12-13,18H,7-11H2,1-6H3,(H,19,20,21)/t12-,13-. The van der Waals surface area contributed by atoms with Crippen molar-refractivity contribution < 1.29 is 12.9 Å². The number of hydrogen-bond acceptors (Lipinski definition) is 6. The van der Waals surface area contributed by atoms with Crippen molar-refractivity contribution in [3.05, 3.63) is 5.82 Å². The molecule has 25 heavy (non-hydrogen) atoms. The van der Waals surface area contributed by atoms with E-state index in [1.807, 2.05) is 20.8 Å². The second-order valence-electron chi connectivity index (χ2n) is 9.00. The average Bonchev–Trinajstić information content (AvgIpc) is 2.94. The molecule has 0 unspecified atom stereocenters. The highest BCUT2D eigenvalue weighted by molar-refractivity contribution is 7.90. The third kappa shape index (κ3) is 5.41. The largest absolute Gasteiger partial charge is 0.335 e. The molecule has 7 nitrogen and oxygen atoms in total. The van der Waals surface area contributed by atoms with Crippen LogP contribution in [-0.2, 0) is 15.4 Å². The van der Waals surface area contributed by atoms with Crippen LogP contribution < -0.4 is 10.0 Å². The maximum atomic E-state index is 12.1. The zero-order chi connectivity index (χ0) is 18.9. The van der Waals surface area contributed by atoms with Crippen molar-refractivity contribution >= 4 is 16.0 Å². The van der Waals surface area contributed by atoms with Crippen molar-refractivity contribution in [3.8, 4) is 0 Å². The Bertz CT molecular complexity index is 663. The average molecular weight is 373 g/mol. The van der Waals surface area contributed by atoms with Crippen LogP contribution >= 0.6 is 0 Å². The highest BCUT2D eigenvalue weighted by Crippen LogP contribution is 2.27. The van der Waals surface area contributed by atoms with E-state index in [0.29, 0.717) is 30.3 Å². The Morgan fingerprint density at radius 3 is 2.16 bits per heavy atom. The first-order valence-corrected chi connectivity index (χ1v) is 10.5. The maximum absolute atomic E-state index is 12.1. The van der Waals surface area contributed by atoms with Crippen LogP contribution in [0.4, 0.5) is 6.01 Å². The number of anilines is 1. The van der Waals surface area contributed by atoms with Gasteiger partial charge in [0.15, 0.2) is 5.82 Å². The van der Waals surface area contributed by atoms with Gasteiger partial charge in [-0.3, -0.25) is 0 Å². The molecule has 0 atom stereocenters. The second-order valence-corrected chi connectivity index (χ2v) is 11.5. The van der Waals surface area contributed by atoms with Crippen LogP contribution in [0, 0.1) is 5.92 Å². The van der Waals surface area contributed by atoms with Crippen LogP contribution in [0.5, 0.6) is 0 Å². The molecule has 0 radical (unpaired) electrons. The molecule has 0 spiro atoms. The third-order valence-corrected chi connectivity index (χ3v) is 6.80. The minimum atomic E-state index is -3.27. The molecule has 144 valence electrons. The third-order valence-electron chi connectivity index (χ3n) is 4.64. The predicted octanol–water partition coefficient (Wildman–Crippen LogP) is 3.06. The van der Waals surface area contributed by atoms with Gasteiger partial charge in [-0.25, -0.2) is 13.1 Å². The van der Waals surface area contributed by atoms with E-state index in [1.165, 1.54) is 0 Å². The molecule has 1 fully saturated rings. The number of aromatic nitrogens is 2. The Morgan fingerprint density at radius 2 is 1.68 bits per heavy atom. The summed E-state index contributed by atoms with van der Waals surface area (Å²) in [6.45, 7) is 11.8. The molecule has 0 amide bonds. The normalized spacial score (nSPS) is 22.8. The van der Waals surface area contributed by atoms with Gasteiger partial charge in [0.25, 0.3) is 0 Å². The molecule has 0 saturated heterocycles. The molecule has 1 aliphatic rings. The predicted molar refractivity (Wildman–Crippen MR) is 99.0 cm³/mol. The van der Waals surface area contributed by atoms with Crippen LogP contribution in [-0.4, -0.2) is 35.9 Å². The number of sulfonamides is 1. The van der Waals surface area contributed by atoms with Crippen LogP contribution in [0.2, 0.25) is 0 Å². The van der Waals surface area contributed by atoms with Crippen LogP contribution in [0.15, 0.2) is 4.52 Å². The first-order valence-electron chi connectivity index (χ1n) is 8.98. The van der Waals surface area contributed by atoms with Gasteiger partial charge in [-0.15, -0.1) is 0 Å². The summed E-state index contributed by atoms with van der Waals surface area (Å²) in [5, 5.41) is 7.33. The van der Waals surface area contributed by atoms with Gasteiger partial charge in [-0.2, -0.15) is 4.98 Å². The molecule has 2 rings (SSSR count). The van der Waals surface area contributed by atoms with Crippen LogP contribution in [0.3, 0.4) is 0 Å². The van der Waals surface area contributed by atoms with Gasteiger partial charge in [0, 0.05) is 18.0 Å². The Morgan fingerprint density at radius 1 is 1.08 bits per heavy atom. The Labute approximate surface area is 151 Å². The summed E-state index contributed by atoms with van der Waals surface area (Å²) in [5.74, 6) is 1.07. The summed E-state index contributed by atoms with van der Waals surface area (Å²) < 4.78 is 31.5. The molecular formula is C17H32N4O3S. The highest BCUT2D eigenvalue weighted by Gasteiger charge is 2.30. The quantitative estimate of drug-likeness (QED) is 0.824. The number of rotatable bonds is 5. The Balaban J connectivity index is 1.79. The van der Waals surface area contributed by atoms with Gasteiger partial charge in [0.2, 0.25) is 10.0 Å². The van der Waals surface area contributed by atoms with Crippen molar-refractivity contribution in [2.24, 2.45) is 5.92 Å². The first-order chi connectivity index (χ1) is 11.4. The molecule has 1 heterocycles. The minimum absolute atomic E-state index is 0.134. The minimum Gasteiger partial charge on any atom is -0.335 e. The van der Waals surface area contributed by atoms with E-state index in [-0.39, 0.29) is 5.41 Å². The van der Waals surface area contributed by atoms with Gasteiger partial charge in [-0.1, -0.05) is 25.9 Å². The summed E-state index contributed by atoms with van der Waals surface area (Å²) in [6.07, 6.45) is 3.89. The van der Waals surface area contributed by atoms with Gasteiger partial charge in [-0.05, 0) is 52.4 Å². The molecular weight excluding hydrogens is 340 g/mol.